The number of aliphatic hydroxyl groups excluding tert-OH is 1. The molecule has 0 bridgehead atoms. The van der Waals surface area contributed by atoms with E-state index in [2.05, 4.69) is 32.7 Å². The van der Waals surface area contributed by atoms with Gasteiger partial charge < -0.3 is 5.11 Å². The molecule has 0 saturated carbocycles. The molecule has 0 radical (unpaired) electrons. The first-order chi connectivity index (χ1) is 5.09. The smallest absolute Gasteiger partial charge is 0.0589 e. The molecule has 0 aromatic carbocycles. The predicted molar refractivity (Wildman–Crippen MR) is 46.4 cm³/mol. The van der Waals surface area contributed by atoms with Gasteiger partial charge in [0.25, 0.3) is 0 Å². The standard InChI is InChI=1S/C9H19NO/c1-6-7(2)9(5-11)10(4)8(6)3/h6-9,11H,5H2,1-4H3. The van der Waals surface area contributed by atoms with Crippen molar-refractivity contribution in [3.8, 4) is 0 Å². The first-order valence-corrected chi connectivity index (χ1v) is 4.42. The minimum absolute atomic E-state index is 0.298. The first-order valence-electron chi connectivity index (χ1n) is 4.42. The van der Waals surface area contributed by atoms with Gasteiger partial charge in [-0.05, 0) is 25.8 Å². The summed E-state index contributed by atoms with van der Waals surface area (Å²) in [5.41, 5.74) is 0. The van der Waals surface area contributed by atoms with Crippen molar-refractivity contribution in [3.05, 3.63) is 0 Å². The SMILES string of the molecule is CC1C(C)C(CO)N(C)C1C. The summed E-state index contributed by atoms with van der Waals surface area (Å²) in [7, 11) is 2.10. The van der Waals surface area contributed by atoms with Crippen LogP contribution in [-0.4, -0.2) is 35.7 Å². The lowest BCUT2D eigenvalue weighted by molar-refractivity contribution is 0.144. The Morgan fingerprint density at radius 2 is 1.73 bits per heavy atom. The molecule has 1 saturated heterocycles. The number of likely N-dealkylation sites (tertiary alicyclic amines) is 1. The maximum atomic E-state index is 9.10. The van der Waals surface area contributed by atoms with Crippen LogP contribution < -0.4 is 0 Å². The summed E-state index contributed by atoms with van der Waals surface area (Å²) >= 11 is 0. The molecule has 4 unspecified atom stereocenters. The number of aliphatic hydroxyl groups is 1. The van der Waals surface area contributed by atoms with Crippen LogP contribution in [0.5, 0.6) is 0 Å². The topological polar surface area (TPSA) is 23.5 Å². The Bertz CT molecular complexity index is 124. The van der Waals surface area contributed by atoms with Crippen molar-refractivity contribution in [1.82, 2.24) is 4.90 Å². The van der Waals surface area contributed by atoms with Gasteiger partial charge in [-0.15, -0.1) is 0 Å². The molecule has 1 aliphatic rings. The predicted octanol–water partition coefficient (Wildman–Crippen LogP) is 0.953. The number of hydrogen-bond donors (Lipinski definition) is 1. The van der Waals surface area contributed by atoms with E-state index < -0.39 is 0 Å². The lowest BCUT2D eigenvalue weighted by Gasteiger charge is -2.22. The average Bonchev–Trinajstić information content (AvgIpc) is 2.17. The molecule has 0 spiro atoms. The molecule has 11 heavy (non-hydrogen) atoms. The molecule has 1 N–H and O–H groups in total. The molecule has 4 atom stereocenters. The van der Waals surface area contributed by atoms with Gasteiger partial charge in [0, 0.05) is 12.1 Å². The van der Waals surface area contributed by atoms with Gasteiger partial charge in [0.05, 0.1) is 6.61 Å². The molecule has 0 aromatic heterocycles. The van der Waals surface area contributed by atoms with Crippen molar-refractivity contribution in [2.24, 2.45) is 11.8 Å². The van der Waals surface area contributed by atoms with Gasteiger partial charge in [-0.3, -0.25) is 4.90 Å². The van der Waals surface area contributed by atoms with E-state index in [9.17, 15) is 0 Å². The zero-order chi connectivity index (χ0) is 8.59. The molecule has 0 aliphatic carbocycles. The lowest BCUT2D eigenvalue weighted by atomic mass is 9.91. The second-order valence-electron chi connectivity index (χ2n) is 3.87. The first kappa shape index (κ1) is 9.01. The molecule has 1 fully saturated rings. The van der Waals surface area contributed by atoms with Gasteiger partial charge in [-0.2, -0.15) is 0 Å². The summed E-state index contributed by atoms with van der Waals surface area (Å²) in [6.07, 6.45) is 0. The van der Waals surface area contributed by atoms with E-state index in [-0.39, 0.29) is 0 Å². The second-order valence-corrected chi connectivity index (χ2v) is 3.87. The summed E-state index contributed by atoms with van der Waals surface area (Å²) in [6.45, 7) is 7.02. The van der Waals surface area contributed by atoms with Crippen molar-refractivity contribution in [2.45, 2.75) is 32.9 Å². The Balaban J connectivity index is 2.69. The summed E-state index contributed by atoms with van der Waals surface area (Å²) in [5.74, 6) is 1.33. The van der Waals surface area contributed by atoms with Gasteiger partial charge in [0.2, 0.25) is 0 Å². The zero-order valence-electron chi connectivity index (χ0n) is 7.91. The monoisotopic (exact) mass is 157 g/mol. The number of rotatable bonds is 1. The van der Waals surface area contributed by atoms with Crippen LogP contribution in [-0.2, 0) is 0 Å². The van der Waals surface area contributed by atoms with Crippen LogP contribution in [0.1, 0.15) is 20.8 Å². The Kier molecular flexibility index (Phi) is 2.55. The summed E-state index contributed by atoms with van der Waals surface area (Å²) in [6, 6.07) is 0.988. The van der Waals surface area contributed by atoms with E-state index in [1.807, 2.05) is 0 Å². The fourth-order valence-corrected chi connectivity index (χ4v) is 2.13. The zero-order valence-corrected chi connectivity index (χ0v) is 7.91. The Morgan fingerprint density at radius 3 is 1.91 bits per heavy atom. The van der Waals surface area contributed by atoms with Crippen molar-refractivity contribution in [3.63, 3.8) is 0 Å². The molecule has 0 aromatic rings. The minimum atomic E-state index is 0.298. The van der Waals surface area contributed by atoms with E-state index in [1.165, 1.54) is 0 Å². The van der Waals surface area contributed by atoms with Crippen LogP contribution in [0.15, 0.2) is 0 Å². The van der Waals surface area contributed by atoms with Crippen molar-refractivity contribution in [1.29, 1.82) is 0 Å². The highest BCUT2D eigenvalue weighted by molar-refractivity contribution is 4.92. The van der Waals surface area contributed by atoms with Gasteiger partial charge in [0.15, 0.2) is 0 Å². The van der Waals surface area contributed by atoms with Crippen LogP contribution in [0.2, 0.25) is 0 Å². The van der Waals surface area contributed by atoms with Crippen molar-refractivity contribution < 1.29 is 5.11 Å². The average molecular weight is 157 g/mol. The second kappa shape index (κ2) is 3.11. The number of nitrogens with zero attached hydrogens (tertiary/aromatic N) is 1. The highest BCUT2D eigenvalue weighted by atomic mass is 16.3. The van der Waals surface area contributed by atoms with E-state index >= 15 is 0 Å². The largest absolute Gasteiger partial charge is 0.395 e. The summed E-state index contributed by atoms with van der Waals surface area (Å²) in [5, 5.41) is 9.10. The van der Waals surface area contributed by atoms with Gasteiger partial charge in [-0.1, -0.05) is 13.8 Å². The Labute approximate surface area is 69.2 Å². The van der Waals surface area contributed by atoms with E-state index in [4.69, 9.17) is 5.11 Å². The quantitative estimate of drug-likeness (QED) is 0.612. The maximum absolute atomic E-state index is 9.10. The minimum Gasteiger partial charge on any atom is -0.395 e. The van der Waals surface area contributed by atoms with E-state index in [0.717, 1.165) is 0 Å². The number of likely N-dealkylation sites (N-methyl/N-ethyl adjacent to an activating group) is 1. The highest BCUT2D eigenvalue weighted by Gasteiger charge is 2.38. The van der Waals surface area contributed by atoms with Crippen LogP contribution in [0.25, 0.3) is 0 Å². The van der Waals surface area contributed by atoms with Crippen molar-refractivity contribution >= 4 is 0 Å². The van der Waals surface area contributed by atoms with E-state index in [1.54, 1.807) is 0 Å². The summed E-state index contributed by atoms with van der Waals surface area (Å²) in [4.78, 5) is 2.29. The van der Waals surface area contributed by atoms with Crippen LogP contribution in [0.4, 0.5) is 0 Å². The fourth-order valence-electron chi connectivity index (χ4n) is 2.13. The molecule has 1 rings (SSSR count). The third-order valence-electron chi connectivity index (χ3n) is 3.55. The maximum Gasteiger partial charge on any atom is 0.0589 e. The highest BCUT2D eigenvalue weighted by Crippen LogP contribution is 2.32. The Morgan fingerprint density at radius 1 is 1.18 bits per heavy atom. The lowest BCUT2D eigenvalue weighted by Crippen LogP contribution is -2.35. The van der Waals surface area contributed by atoms with Crippen molar-refractivity contribution in [2.75, 3.05) is 13.7 Å². The molecule has 1 aliphatic heterocycles. The summed E-state index contributed by atoms with van der Waals surface area (Å²) < 4.78 is 0. The normalized spacial score (nSPS) is 46.6. The van der Waals surface area contributed by atoms with Crippen LogP contribution in [0.3, 0.4) is 0 Å². The fraction of sp³-hybridized carbons (Fsp3) is 1.00. The molecule has 66 valence electrons. The van der Waals surface area contributed by atoms with Gasteiger partial charge in [-0.25, -0.2) is 0 Å². The molecule has 1 heterocycles. The molecular weight excluding hydrogens is 138 g/mol. The molecule has 2 nitrogen and oxygen atoms in total. The molecular formula is C9H19NO. The number of hydrogen-bond acceptors (Lipinski definition) is 2. The van der Waals surface area contributed by atoms with Gasteiger partial charge >= 0.3 is 0 Å². The third-order valence-corrected chi connectivity index (χ3v) is 3.55. The van der Waals surface area contributed by atoms with Crippen LogP contribution >= 0.6 is 0 Å². The molecule has 2 heteroatoms. The van der Waals surface area contributed by atoms with Gasteiger partial charge in [0.1, 0.15) is 0 Å². The van der Waals surface area contributed by atoms with Crippen LogP contribution in [0, 0.1) is 11.8 Å². The molecule has 0 amide bonds. The van der Waals surface area contributed by atoms with E-state index in [0.29, 0.717) is 30.5 Å². The third kappa shape index (κ3) is 1.30. The Hall–Kier alpha value is -0.0800.